The molecule has 0 aromatic rings. The Morgan fingerprint density at radius 2 is 2.38 bits per heavy atom. The highest BCUT2D eigenvalue weighted by atomic mass is 35.5. The largest absolute Gasteiger partial charge is 0.329 e. The molecule has 0 radical (unpaired) electrons. The molecule has 0 spiro atoms. The lowest BCUT2D eigenvalue weighted by Gasteiger charge is -1.94. The predicted octanol–water partition coefficient (Wildman–Crippen LogP) is -0.700. The van der Waals surface area contributed by atoms with Gasteiger partial charge in [0.25, 0.3) is 0 Å². The zero-order valence-electron chi connectivity index (χ0n) is 4.48. The van der Waals surface area contributed by atoms with Gasteiger partial charge in [0.1, 0.15) is 0 Å². The number of nitrogens with two attached hydrogens (primary N) is 1. The molecular formula is C4H9ClN2O. The molecule has 0 amide bonds. The van der Waals surface area contributed by atoms with E-state index in [9.17, 15) is 4.79 Å². The third kappa shape index (κ3) is 5.88. The molecule has 0 bridgehead atoms. The van der Waals surface area contributed by atoms with Crippen molar-refractivity contribution < 1.29 is 4.79 Å². The number of carbonyl (C=O) groups is 1. The summed E-state index contributed by atoms with van der Waals surface area (Å²) in [5, 5.41) is 2.35. The molecule has 0 aliphatic heterocycles. The van der Waals surface area contributed by atoms with Crippen LogP contribution in [0.15, 0.2) is 0 Å². The number of nitrogens with one attached hydrogen (secondary N) is 1. The van der Waals surface area contributed by atoms with Crippen molar-refractivity contribution in [3.8, 4) is 0 Å². The standard InChI is InChI=1S/C4H9ClN2O/c5-4(8)3-7-2-1-6/h7H,1-3,6H2. The minimum Gasteiger partial charge on any atom is -0.329 e. The summed E-state index contributed by atoms with van der Waals surface area (Å²) in [4.78, 5) is 9.98. The van der Waals surface area contributed by atoms with Gasteiger partial charge in [-0.05, 0) is 11.6 Å². The molecule has 0 aliphatic rings. The zero-order chi connectivity index (χ0) is 6.41. The van der Waals surface area contributed by atoms with E-state index in [1.165, 1.54) is 0 Å². The highest BCUT2D eigenvalue weighted by molar-refractivity contribution is 6.64. The van der Waals surface area contributed by atoms with Crippen LogP contribution in [0.2, 0.25) is 0 Å². The zero-order valence-corrected chi connectivity index (χ0v) is 5.24. The van der Waals surface area contributed by atoms with Crippen molar-refractivity contribution in [1.82, 2.24) is 5.32 Å². The molecule has 4 heteroatoms. The molecule has 0 aromatic carbocycles. The molecule has 0 saturated heterocycles. The van der Waals surface area contributed by atoms with Crippen LogP contribution >= 0.6 is 11.6 Å². The topological polar surface area (TPSA) is 55.1 Å². The first-order valence-corrected chi connectivity index (χ1v) is 2.74. The Morgan fingerprint density at radius 3 is 2.75 bits per heavy atom. The van der Waals surface area contributed by atoms with Gasteiger partial charge >= 0.3 is 0 Å². The van der Waals surface area contributed by atoms with E-state index in [1.54, 1.807) is 0 Å². The molecule has 3 nitrogen and oxygen atoms in total. The normalized spacial score (nSPS) is 9.25. The average Bonchev–Trinajstić information content (AvgIpc) is 1.66. The van der Waals surface area contributed by atoms with Crippen molar-refractivity contribution in [3.63, 3.8) is 0 Å². The van der Waals surface area contributed by atoms with E-state index in [2.05, 4.69) is 5.32 Å². The van der Waals surface area contributed by atoms with Gasteiger partial charge in [0.2, 0.25) is 5.24 Å². The van der Waals surface area contributed by atoms with Crippen LogP contribution in [0, 0.1) is 0 Å². The molecule has 8 heavy (non-hydrogen) atoms. The lowest BCUT2D eigenvalue weighted by Crippen LogP contribution is -2.26. The molecule has 0 aromatic heterocycles. The van der Waals surface area contributed by atoms with Gasteiger partial charge < -0.3 is 11.1 Å². The fourth-order valence-corrected chi connectivity index (χ4v) is 0.383. The fraction of sp³-hybridized carbons (Fsp3) is 0.750. The molecule has 0 atom stereocenters. The van der Waals surface area contributed by atoms with Crippen molar-refractivity contribution in [3.05, 3.63) is 0 Å². The third-order valence-electron chi connectivity index (χ3n) is 0.585. The van der Waals surface area contributed by atoms with Crippen molar-refractivity contribution in [2.45, 2.75) is 0 Å². The molecule has 0 unspecified atom stereocenters. The van der Waals surface area contributed by atoms with Crippen LogP contribution in [0.4, 0.5) is 0 Å². The number of hydrogen-bond donors (Lipinski definition) is 2. The van der Waals surface area contributed by atoms with Gasteiger partial charge in [-0.3, -0.25) is 4.79 Å². The molecule has 3 N–H and O–H groups in total. The highest BCUT2D eigenvalue weighted by Crippen LogP contribution is 1.72. The van der Waals surface area contributed by atoms with Crippen LogP contribution in [0.5, 0.6) is 0 Å². The number of rotatable bonds is 4. The van der Waals surface area contributed by atoms with E-state index in [1.807, 2.05) is 0 Å². The lowest BCUT2D eigenvalue weighted by atomic mass is 10.6. The monoisotopic (exact) mass is 136 g/mol. The average molecular weight is 137 g/mol. The van der Waals surface area contributed by atoms with Gasteiger partial charge in [0.15, 0.2) is 0 Å². The van der Waals surface area contributed by atoms with Crippen molar-refractivity contribution in [2.24, 2.45) is 5.73 Å². The second-order valence-corrected chi connectivity index (χ2v) is 1.74. The molecule has 0 aliphatic carbocycles. The fourth-order valence-electron chi connectivity index (χ4n) is 0.289. The van der Waals surface area contributed by atoms with E-state index < -0.39 is 0 Å². The van der Waals surface area contributed by atoms with Crippen molar-refractivity contribution in [1.29, 1.82) is 0 Å². The number of halogens is 1. The Bertz CT molecular complexity index is 76.4. The lowest BCUT2D eigenvalue weighted by molar-refractivity contribution is -0.110. The Hall–Kier alpha value is -0.120. The second-order valence-electron chi connectivity index (χ2n) is 1.32. The first-order valence-electron chi connectivity index (χ1n) is 2.36. The van der Waals surface area contributed by atoms with Gasteiger partial charge in [-0.15, -0.1) is 0 Å². The van der Waals surface area contributed by atoms with Crippen LogP contribution in [-0.4, -0.2) is 24.9 Å². The van der Waals surface area contributed by atoms with Crippen molar-refractivity contribution >= 4 is 16.8 Å². The second kappa shape index (κ2) is 5.03. The minimum absolute atomic E-state index is 0.207. The molecule has 0 rings (SSSR count). The summed E-state index contributed by atoms with van der Waals surface area (Å²) in [5.41, 5.74) is 5.10. The van der Waals surface area contributed by atoms with Crippen LogP contribution in [0.1, 0.15) is 0 Å². The molecule has 48 valence electrons. The Balaban J connectivity index is 2.82. The van der Waals surface area contributed by atoms with Crippen LogP contribution in [-0.2, 0) is 4.79 Å². The number of hydrogen-bond acceptors (Lipinski definition) is 3. The summed E-state index contributed by atoms with van der Waals surface area (Å²) in [6.45, 7) is 1.38. The highest BCUT2D eigenvalue weighted by Gasteiger charge is 1.90. The summed E-state index contributed by atoms with van der Waals surface area (Å²) in [6.07, 6.45) is 0. The molecular weight excluding hydrogens is 128 g/mol. The predicted molar refractivity (Wildman–Crippen MR) is 32.8 cm³/mol. The van der Waals surface area contributed by atoms with Crippen LogP contribution in [0.3, 0.4) is 0 Å². The quantitative estimate of drug-likeness (QED) is 0.397. The van der Waals surface area contributed by atoms with E-state index in [0.717, 1.165) is 0 Å². The SMILES string of the molecule is NCCNCC(=O)Cl. The molecule has 0 fully saturated rings. The van der Waals surface area contributed by atoms with Gasteiger partial charge in [-0.1, -0.05) is 0 Å². The summed E-state index contributed by atoms with van der Waals surface area (Å²) < 4.78 is 0. The smallest absolute Gasteiger partial charge is 0.235 e. The Morgan fingerprint density at radius 1 is 1.75 bits per heavy atom. The number of carbonyl (C=O) groups excluding carboxylic acids is 1. The molecule has 0 saturated carbocycles. The van der Waals surface area contributed by atoms with E-state index in [4.69, 9.17) is 17.3 Å². The van der Waals surface area contributed by atoms with E-state index in [-0.39, 0.29) is 11.8 Å². The summed E-state index contributed by atoms with van der Waals surface area (Å²) in [7, 11) is 0. The third-order valence-corrected chi connectivity index (χ3v) is 0.719. The van der Waals surface area contributed by atoms with Gasteiger partial charge in [-0.2, -0.15) is 0 Å². The molecule has 0 heterocycles. The maximum absolute atomic E-state index is 9.98. The van der Waals surface area contributed by atoms with E-state index >= 15 is 0 Å². The van der Waals surface area contributed by atoms with Gasteiger partial charge in [0.05, 0.1) is 6.54 Å². The first-order chi connectivity index (χ1) is 3.77. The van der Waals surface area contributed by atoms with Crippen LogP contribution in [0.25, 0.3) is 0 Å². The first kappa shape index (κ1) is 7.88. The maximum atomic E-state index is 9.98. The van der Waals surface area contributed by atoms with E-state index in [0.29, 0.717) is 13.1 Å². The Kier molecular flexibility index (Phi) is 4.95. The summed E-state index contributed by atoms with van der Waals surface area (Å²) >= 11 is 4.97. The maximum Gasteiger partial charge on any atom is 0.235 e. The minimum atomic E-state index is -0.376. The summed E-state index contributed by atoms with van der Waals surface area (Å²) in [5.74, 6) is 0. The van der Waals surface area contributed by atoms with Crippen LogP contribution < -0.4 is 11.1 Å². The van der Waals surface area contributed by atoms with Gasteiger partial charge in [0, 0.05) is 13.1 Å². The van der Waals surface area contributed by atoms with Gasteiger partial charge in [-0.25, -0.2) is 0 Å². The summed E-state index contributed by atoms with van der Waals surface area (Å²) in [6, 6.07) is 0. The Labute approximate surface area is 53.2 Å². The van der Waals surface area contributed by atoms with Crippen molar-refractivity contribution in [2.75, 3.05) is 19.6 Å².